The van der Waals surface area contributed by atoms with Crippen molar-refractivity contribution in [3.63, 3.8) is 0 Å². The quantitative estimate of drug-likeness (QED) is 0.428. The molecule has 0 atom stereocenters. The maximum Gasteiger partial charge on any atom is 0.168 e. The molecule has 0 amide bonds. The molecule has 98 valence electrons. The average Bonchev–Trinajstić information content (AvgIpc) is 2.16. The highest BCUT2D eigenvalue weighted by atomic mass is 16.7. The topological polar surface area (TPSA) is 18.5 Å². The van der Waals surface area contributed by atoms with E-state index in [1.165, 1.54) is 19.3 Å². The third-order valence-electron chi connectivity index (χ3n) is 2.60. The maximum atomic E-state index is 6.02. The van der Waals surface area contributed by atoms with E-state index < -0.39 is 0 Å². The zero-order valence-electron chi connectivity index (χ0n) is 12.0. The SMILES string of the molecule is CCCCCC(CC)(OC(C)C)OC(C)C. The van der Waals surface area contributed by atoms with Crippen LogP contribution in [0.15, 0.2) is 0 Å². The van der Waals surface area contributed by atoms with Crippen LogP contribution in [0.1, 0.15) is 73.6 Å². The Morgan fingerprint density at radius 1 is 0.875 bits per heavy atom. The lowest BCUT2D eigenvalue weighted by atomic mass is 10.0. The van der Waals surface area contributed by atoms with Crippen molar-refractivity contribution in [2.75, 3.05) is 0 Å². The van der Waals surface area contributed by atoms with Gasteiger partial charge in [0.15, 0.2) is 5.79 Å². The summed E-state index contributed by atoms with van der Waals surface area (Å²) in [5, 5.41) is 0. The summed E-state index contributed by atoms with van der Waals surface area (Å²) in [6.45, 7) is 12.7. The fraction of sp³-hybridized carbons (Fsp3) is 1.00. The highest BCUT2D eigenvalue weighted by Crippen LogP contribution is 2.28. The number of unbranched alkanes of at least 4 members (excludes halogenated alkanes) is 2. The molecule has 0 aromatic carbocycles. The van der Waals surface area contributed by atoms with Crippen LogP contribution in [-0.2, 0) is 9.47 Å². The van der Waals surface area contributed by atoms with Crippen molar-refractivity contribution in [1.82, 2.24) is 0 Å². The molecule has 0 heterocycles. The van der Waals surface area contributed by atoms with E-state index in [4.69, 9.17) is 9.47 Å². The first-order chi connectivity index (χ1) is 7.45. The van der Waals surface area contributed by atoms with Gasteiger partial charge >= 0.3 is 0 Å². The highest BCUT2D eigenvalue weighted by Gasteiger charge is 2.31. The second kappa shape index (κ2) is 8.08. The Bertz CT molecular complexity index is 154. The number of hydrogen-bond donors (Lipinski definition) is 0. The molecule has 0 aromatic rings. The smallest absolute Gasteiger partial charge is 0.168 e. The van der Waals surface area contributed by atoms with Crippen LogP contribution in [0.2, 0.25) is 0 Å². The minimum Gasteiger partial charge on any atom is -0.347 e. The molecule has 0 N–H and O–H groups in total. The first-order valence-electron chi connectivity index (χ1n) is 6.81. The van der Waals surface area contributed by atoms with Crippen LogP contribution in [0.4, 0.5) is 0 Å². The normalized spacial score (nSPS) is 12.8. The van der Waals surface area contributed by atoms with Gasteiger partial charge in [0.1, 0.15) is 0 Å². The van der Waals surface area contributed by atoms with E-state index in [1.807, 2.05) is 0 Å². The van der Waals surface area contributed by atoms with E-state index in [9.17, 15) is 0 Å². The zero-order valence-corrected chi connectivity index (χ0v) is 12.0. The van der Waals surface area contributed by atoms with Gasteiger partial charge in [-0.15, -0.1) is 0 Å². The van der Waals surface area contributed by atoms with Crippen molar-refractivity contribution in [2.45, 2.75) is 91.6 Å². The highest BCUT2D eigenvalue weighted by molar-refractivity contribution is 4.71. The molecule has 0 unspecified atom stereocenters. The summed E-state index contributed by atoms with van der Waals surface area (Å²) in [7, 11) is 0. The molecule has 0 rings (SSSR count). The standard InChI is InChI=1S/C14H30O2/c1-7-9-10-11-14(8-2,15-12(3)4)16-13(5)6/h12-13H,7-11H2,1-6H3. The van der Waals surface area contributed by atoms with Crippen molar-refractivity contribution >= 4 is 0 Å². The van der Waals surface area contributed by atoms with Gasteiger partial charge in [0.2, 0.25) is 0 Å². The van der Waals surface area contributed by atoms with Gasteiger partial charge < -0.3 is 9.47 Å². The van der Waals surface area contributed by atoms with Crippen LogP contribution >= 0.6 is 0 Å². The molecular formula is C14H30O2. The minimum absolute atomic E-state index is 0.223. The van der Waals surface area contributed by atoms with Crippen LogP contribution in [0.3, 0.4) is 0 Å². The predicted octanol–water partition coefficient (Wildman–Crippen LogP) is 4.52. The molecule has 0 radical (unpaired) electrons. The van der Waals surface area contributed by atoms with Gasteiger partial charge in [-0.25, -0.2) is 0 Å². The Labute approximate surface area is 102 Å². The molecule has 0 aromatic heterocycles. The number of rotatable bonds is 9. The summed E-state index contributed by atoms with van der Waals surface area (Å²) in [6, 6.07) is 0. The van der Waals surface area contributed by atoms with Gasteiger partial charge in [-0.3, -0.25) is 0 Å². The van der Waals surface area contributed by atoms with Gasteiger partial charge in [0, 0.05) is 6.42 Å². The van der Waals surface area contributed by atoms with Crippen molar-refractivity contribution < 1.29 is 9.47 Å². The molecule has 2 nitrogen and oxygen atoms in total. The molecule has 16 heavy (non-hydrogen) atoms. The first kappa shape index (κ1) is 15.9. The lowest BCUT2D eigenvalue weighted by molar-refractivity contribution is -0.273. The van der Waals surface area contributed by atoms with E-state index in [0.717, 1.165) is 12.8 Å². The minimum atomic E-state index is -0.364. The average molecular weight is 230 g/mol. The van der Waals surface area contributed by atoms with Gasteiger partial charge in [0.25, 0.3) is 0 Å². The van der Waals surface area contributed by atoms with Crippen LogP contribution in [0.5, 0.6) is 0 Å². The fourth-order valence-corrected chi connectivity index (χ4v) is 1.99. The predicted molar refractivity (Wildman–Crippen MR) is 69.6 cm³/mol. The Morgan fingerprint density at radius 2 is 1.38 bits per heavy atom. The molecule has 0 aliphatic rings. The van der Waals surface area contributed by atoms with E-state index in [2.05, 4.69) is 41.5 Å². The fourth-order valence-electron chi connectivity index (χ4n) is 1.99. The van der Waals surface area contributed by atoms with Crippen LogP contribution < -0.4 is 0 Å². The van der Waals surface area contributed by atoms with Crippen molar-refractivity contribution in [3.05, 3.63) is 0 Å². The number of ether oxygens (including phenoxy) is 2. The van der Waals surface area contributed by atoms with Gasteiger partial charge in [0.05, 0.1) is 12.2 Å². The summed E-state index contributed by atoms with van der Waals surface area (Å²) >= 11 is 0. The Kier molecular flexibility index (Phi) is 8.04. The summed E-state index contributed by atoms with van der Waals surface area (Å²) < 4.78 is 12.0. The van der Waals surface area contributed by atoms with Gasteiger partial charge in [-0.1, -0.05) is 26.7 Å². The monoisotopic (exact) mass is 230 g/mol. The third kappa shape index (κ3) is 6.49. The van der Waals surface area contributed by atoms with Gasteiger partial charge in [-0.2, -0.15) is 0 Å². The van der Waals surface area contributed by atoms with E-state index in [-0.39, 0.29) is 18.0 Å². The molecule has 0 saturated heterocycles. The maximum absolute atomic E-state index is 6.02. The Morgan fingerprint density at radius 3 is 1.69 bits per heavy atom. The molecule has 0 saturated carbocycles. The second-order valence-electron chi connectivity index (χ2n) is 5.05. The van der Waals surface area contributed by atoms with E-state index in [0.29, 0.717) is 0 Å². The van der Waals surface area contributed by atoms with Crippen LogP contribution in [-0.4, -0.2) is 18.0 Å². The zero-order chi connectivity index (χ0) is 12.6. The van der Waals surface area contributed by atoms with E-state index in [1.54, 1.807) is 0 Å². The summed E-state index contributed by atoms with van der Waals surface area (Å²) in [6.07, 6.45) is 6.05. The number of hydrogen-bond acceptors (Lipinski definition) is 2. The molecular weight excluding hydrogens is 200 g/mol. The van der Waals surface area contributed by atoms with Crippen LogP contribution in [0, 0.1) is 0 Å². The second-order valence-corrected chi connectivity index (χ2v) is 5.05. The van der Waals surface area contributed by atoms with Crippen molar-refractivity contribution in [3.8, 4) is 0 Å². The third-order valence-corrected chi connectivity index (χ3v) is 2.60. The molecule has 2 heteroatoms. The summed E-state index contributed by atoms with van der Waals surface area (Å²) in [4.78, 5) is 0. The molecule has 0 bridgehead atoms. The molecule has 0 spiro atoms. The Hall–Kier alpha value is -0.0800. The van der Waals surface area contributed by atoms with Crippen LogP contribution in [0.25, 0.3) is 0 Å². The largest absolute Gasteiger partial charge is 0.347 e. The van der Waals surface area contributed by atoms with Crippen molar-refractivity contribution in [1.29, 1.82) is 0 Å². The van der Waals surface area contributed by atoms with Crippen molar-refractivity contribution in [2.24, 2.45) is 0 Å². The van der Waals surface area contributed by atoms with E-state index >= 15 is 0 Å². The summed E-state index contributed by atoms with van der Waals surface area (Å²) in [5.74, 6) is -0.364. The summed E-state index contributed by atoms with van der Waals surface area (Å²) in [5.41, 5.74) is 0. The molecule has 0 aliphatic carbocycles. The molecule has 0 aliphatic heterocycles. The lowest BCUT2D eigenvalue weighted by Gasteiger charge is -2.36. The Balaban J connectivity index is 4.40. The molecule has 0 fully saturated rings. The lowest BCUT2D eigenvalue weighted by Crippen LogP contribution is -2.39. The first-order valence-corrected chi connectivity index (χ1v) is 6.81. The van der Waals surface area contributed by atoms with Gasteiger partial charge in [-0.05, 0) is 40.5 Å².